The van der Waals surface area contributed by atoms with Gasteiger partial charge in [-0.05, 0) is 31.6 Å². The standard InChI is InChI=1S/C10H17N3O2/c1-5-8-3-6(9(11)14)2-7(8)4-13(5)10(12)15/h5-8H,2-4H2,1H3,(H2,11,14)(H2,12,15). The zero-order chi connectivity index (χ0) is 11.2. The molecule has 1 aliphatic heterocycles. The Hall–Kier alpha value is -1.26. The number of primary amides is 2. The average Bonchev–Trinajstić information content (AvgIpc) is 2.65. The minimum absolute atomic E-state index is 0.00234. The normalized spacial score (nSPS) is 39.1. The van der Waals surface area contributed by atoms with Gasteiger partial charge in [-0.2, -0.15) is 0 Å². The number of amides is 3. The number of carbonyl (C=O) groups excluding carboxylic acids is 2. The second kappa shape index (κ2) is 3.40. The van der Waals surface area contributed by atoms with E-state index in [1.807, 2.05) is 6.92 Å². The lowest BCUT2D eigenvalue weighted by Gasteiger charge is -2.22. The van der Waals surface area contributed by atoms with E-state index in [2.05, 4.69) is 0 Å². The van der Waals surface area contributed by atoms with Crippen LogP contribution in [0.4, 0.5) is 4.79 Å². The zero-order valence-electron chi connectivity index (χ0n) is 8.85. The number of urea groups is 1. The number of hydrogen-bond donors (Lipinski definition) is 2. The van der Waals surface area contributed by atoms with Crippen LogP contribution in [0.1, 0.15) is 19.8 Å². The molecule has 2 fully saturated rings. The maximum Gasteiger partial charge on any atom is 0.315 e. The fourth-order valence-electron chi connectivity index (χ4n) is 3.13. The van der Waals surface area contributed by atoms with Gasteiger partial charge in [0.05, 0.1) is 0 Å². The molecule has 0 aromatic carbocycles. The van der Waals surface area contributed by atoms with Gasteiger partial charge in [0.25, 0.3) is 0 Å². The highest BCUT2D eigenvalue weighted by molar-refractivity contribution is 5.77. The third-order valence-electron chi connectivity index (χ3n) is 3.98. The molecule has 0 aromatic heterocycles. The van der Waals surface area contributed by atoms with Gasteiger partial charge in [0, 0.05) is 18.5 Å². The molecule has 0 aromatic rings. The van der Waals surface area contributed by atoms with E-state index in [1.165, 1.54) is 0 Å². The lowest BCUT2D eigenvalue weighted by molar-refractivity contribution is -0.121. The van der Waals surface area contributed by atoms with Gasteiger partial charge in [-0.3, -0.25) is 4.79 Å². The molecule has 2 rings (SSSR count). The summed E-state index contributed by atoms with van der Waals surface area (Å²) >= 11 is 0. The number of likely N-dealkylation sites (tertiary alicyclic amines) is 1. The van der Waals surface area contributed by atoms with Crippen molar-refractivity contribution < 1.29 is 9.59 Å². The molecule has 0 spiro atoms. The molecule has 84 valence electrons. The molecule has 1 saturated heterocycles. The Morgan fingerprint density at radius 3 is 2.40 bits per heavy atom. The largest absolute Gasteiger partial charge is 0.369 e. The van der Waals surface area contributed by atoms with Gasteiger partial charge in [0.1, 0.15) is 0 Å². The molecule has 4 atom stereocenters. The van der Waals surface area contributed by atoms with Crippen LogP contribution >= 0.6 is 0 Å². The van der Waals surface area contributed by atoms with Crippen molar-refractivity contribution >= 4 is 11.9 Å². The summed E-state index contributed by atoms with van der Waals surface area (Å²) in [5.74, 6) is 0.597. The Morgan fingerprint density at radius 1 is 1.27 bits per heavy atom. The van der Waals surface area contributed by atoms with Crippen LogP contribution in [0.15, 0.2) is 0 Å². The lowest BCUT2D eigenvalue weighted by Crippen LogP contribution is -2.40. The third-order valence-corrected chi connectivity index (χ3v) is 3.98. The van der Waals surface area contributed by atoms with Crippen molar-refractivity contribution in [2.45, 2.75) is 25.8 Å². The Labute approximate surface area is 88.8 Å². The minimum atomic E-state index is -0.354. The Morgan fingerprint density at radius 2 is 1.93 bits per heavy atom. The van der Waals surface area contributed by atoms with Crippen LogP contribution in [-0.2, 0) is 4.79 Å². The van der Waals surface area contributed by atoms with Crippen LogP contribution in [0.25, 0.3) is 0 Å². The average molecular weight is 211 g/mol. The van der Waals surface area contributed by atoms with Crippen LogP contribution in [0.5, 0.6) is 0 Å². The monoisotopic (exact) mass is 211 g/mol. The van der Waals surface area contributed by atoms with Crippen LogP contribution in [0, 0.1) is 17.8 Å². The van der Waals surface area contributed by atoms with Gasteiger partial charge >= 0.3 is 6.03 Å². The number of carbonyl (C=O) groups is 2. The predicted octanol–water partition coefficient (Wildman–Crippen LogP) is -0.103. The summed E-state index contributed by atoms with van der Waals surface area (Å²) in [6.45, 7) is 2.68. The van der Waals surface area contributed by atoms with Crippen LogP contribution in [0.2, 0.25) is 0 Å². The summed E-state index contributed by atoms with van der Waals surface area (Å²) in [6, 6.07) is -0.204. The van der Waals surface area contributed by atoms with E-state index in [0.29, 0.717) is 18.4 Å². The molecule has 4 unspecified atom stereocenters. The third kappa shape index (κ3) is 1.56. The SMILES string of the molecule is CC1C2CC(C(N)=O)CC2CN1C(N)=O. The van der Waals surface area contributed by atoms with Crippen LogP contribution < -0.4 is 11.5 Å². The van der Waals surface area contributed by atoms with Gasteiger partial charge in [0.15, 0.2) is 0 Å². The minimum Gasteiger partial charge on any atom is -0.369 e. The van der Waals surface area contributed by atoms with E-state index < -0.39 is 0 Å². The number of fused-ring (bicyclic) bond motifs is 1. The van der Waals surface area contributed by atoms with Crippen LogP contribution in [0.3, 0.4) is 0 Å². The molecule has 1 saturated carbocycles. The fraction of sp³-hybridized carbons (Fsp3) is 0.800. The molecule has 1 aliphatic carbocycles. The van der Waals surface area contributed by atoms with Crippen molar-refractivity contribution in [3.8, 4) is 0 Å². The van der Waals surface area contributed by atoms with Crippen molar-refractivity contribution in [3.05, 3.63) is 0 Å². The molecule has 5 heteroatoms. The van der Waals surface area contributed by atoms with Crippen molar-refractivity contribution in [1.29, 1.82) is 0 Å². The second-order valence-corrected chi connectivity index (χ2v) is 4.73. The maximum atomic E-state index is 11.1. The molecule has 15 heavy (non-hydrogen) atoms. The first-order chi connectivity index (χ1) is 7.00. The van der Waals surface area contributed by atoms with Gasteiger partial charge in [-0.1, -0.05) is 0 Å². The zero-order valence-corrected chi connectivity index (χ0v) is 8.85. The molecule has 3 amide bonds. The Kier molecular flexibility index (Phi) is 2.32. The molecule has 0 bridgehead atoms. The second-order valence-electron chi connectivity index (χ2n) is 4.73. The summed E-state index contributed by atoms with van der Waals surface area (Å²) in [5, 5.41) is 0. The van der Waals surface area contributed by atoms with Crippen LogP contribution in [-0.4, -0.2) is 29.4 Å². The van der Waals surface area contributed by atoms with Gasteiger partial charge in [-0.25, -0.2) is 4.79 Å². The fourth-order valence-corrected chi connectivity index (χ4v) is 3.13. The van der Waals surface area contributed by atoms with E-state index in [0.717, 1.165) is 12.8 Å². The Balaban J connectivity index is 2.06. The predicted molar refractivity (Wildman–Crippen MR) is 54.6 cm³/mol. The summed E-state index contributed by atoms with van der Waals surface area (Å²) in [5.41, 5.74) is 10.6. The van der Waals surface area contributed by atoms with E-state index in [9.17, 15) is 9.59 Å². The van der Waals surface area contributed by atoms with E-state index in [4.69, 9.17) is 11.5 Å². The van der Waals surface area contributed by atoms with Crippen molar-refractivity contribution in [3.63, 3.8) is 0 Å². The molecule has 4 N–H and O–H groups in total. The van der Waals surface area contributed by atoms with Gasteiger partial charge in [-0.15, -0.1) is 0 Å². The van der Waals surface area contributed by atoms with E-state index >= 15 is 0 Å². The first kappa shape index (κ1) is 10.3. The molecular formula is C10H17N3O2. The summed E-state index contributed by atoms with van der Waals surface area (Å²) in [4.78, 5) is 23.9. The summed E-state index contributed by atoms with van der Waals surface area (Å²) in [6.07, 6.45) is 1.62. The maximum absolute atomic E-state index is 11.1. The number of hydrogen-bond acceptors (Lipinski definition) is 2. The van der Waals surface area contributed by atoms with Crippen molar-refractivity contribution in [1.82, 2.24) is 4.90 Å². The Bertz CT molecular complexity index is 305. The quantitative estimate of drug-likeness (QED) is 0.634. The first-order valence-corrected chi connectivity index (χ1v) is 5.36. The van der Waals surface area contributed by atoms with Gasteiger partial charge in [0.2, 0.25) is 5.91 Å². The highest BCUT2D eigenvalue weighted by Gasteiger charge is 2.47. The molecule has 5 nitrogen and oxygen atoms in total. The highest BCUT2D eigenvalue weighted by Crippen LogP contribution is 2.44. The number of nitrogens with two attached hydrogens (primary N) is 2. The van der Waals surface area contributed by atoms with Gasteiger partial charge < -0.3 is 16.4 Å². The molecule has 1 heterocycles. The molecule has 0 radical (unpaired) electrons. The molecular weight excluding hydrogens is 194 g/mol. The molecule has 2 aliphatic rings. The van der Waals surface area contributed by atoms with Crippen molar-refractivity contribution in [2.75, 3.05) is 6.54 Å². The van der Waals surface area contributed by atoms with E-state index in [-0.39, 0.29) is 23.9 Å². The summed E-state index contributed by atoms with van der Waals surface area (Å²) in [7, 11) is 0. The first-order valence-electron chi connectivity index (χ1n) is 5.36. The number of nitrogens with zero attached hydrogens (tertiary/aromatic N) is 1. The van der Waals surface area contributed by atoms with E-state index in [1.54, 1.807) is 4.90 Å². The topological polar surface area (TPSA) is 89.4 Å². The highest BCUT2D eigenvalue weighted by atomic mass is 16.2. The smallest absolute Gasteiger partial charge is 0.315 e. The summed E-state index contributed by atoms with van der Waals surface area (Å²) < 4.78 is 0. The number of rotatable bonds is 1. The lowest BCUT2D eigenvalue weighted by atomic mass is 9.95. The van der Waals surface area contributed by atoms with Crippen molar-refractivity contribution in [2.24, 2.45) is 29.2 Å².